The lowest BCUT2D eigenvalue weighted by atomic mass is 9.74. The molecule has 21 heavy (non-hydrogen) atoms. The van der Waals surface area contributed by atoms with Crippen LogP contribution in [0.15, 0.2) is 0 Å². The number of nitrogens with one attached hydrogen (secondary N) is 1. The molecule has 7 nitrogen and oxygen atoms in total. The molecule has 0 aromatic heterocycles. The van der Waals surface area contributed by atoms with Gasteiger partial charge in [0.1, 0.15) is 6.54 Å². The highest BCUT2D eigenvalue weighted by atomic mass is 16.4. The number of nitrogens with zero attached hydrogens (tertiary/aromatic N) is 1. The van der Waals surface area contributed by atoms with Gasteiger partial charge in [-0.1, -0.05) is 13.8 Å². The fourth-order valence-electron chi connectivity index (χ4n) is 1.62. The van der Waals surface area contributed by atoms with Crippen LogP contribution in [0.25, 0.3) is 0 Å². The molecule has 0 fully saturated rings. The summed E-state index contributed by atoms with van der Waals surface area (Å²) in [7, 11) is 0. The number of hydrogen-bond acceptors (Lipinski definition) is 3. The van der Waals surface area contributed by atoms with Crippen molar-refractivity contribution in [1.29, 1.82) is 0 Å². The van der Waals surface area contributed by atoms with Crippen LogP contribution in [0.4, 0.5) is 4.79 Å². The summed E-state index contributed by atoms with van der Waals surface area (Å²) in [6, 6.07) is -0.498. The van der Waals surface area contributed by atoms with Gasteiger partial charge in [0, 0.05) is 6.54 Å². The van der Waals surface area contributed by atoms with Gasteiger partial charge in [-0.3, -0.25) is 9.59 Å². The van der Waals surface area contributed by atoms with E-state index < -0.39 is 28.9 Å². The Morgan fingerprint density at radius 2 is 1.67 bits per heavy atom. The van der Waals surface area contributed by atoms with E-state index in [1.165, 1.54) is 18.7 Å². The summed E-state index contributed by atoms with van der Waals surface area (Å²) in [5.41, 5.74) is 2.98. The molecule has 0 atom stereocenters. The molecule has 0 heterocycles. The molecule has 0 radical (unpaired) electrons. The number of primary amides is 1. The van der Waals surface area contributed by atoms with Gasteiger partial charge in [0.2, 0.25) is 5.91 Å². The van der Waals surface area contributed by atoms with Crippen molar-refractivity contribution < 1.29 is 19.5 Å². The van der Waals surface area contributed by atoms with E-state index >= 15 is 0 Å². The average molecular weight is 301 g/mol. The van der Waals surface area contributed by atoms with E-state index in [0.717, 1.165) is 0 Å². The topological polar surface area (TPSA) is 113 Å². The van der Waals surface area contributed by atoms with Crippen molar-refractivity contribution in [2.24, 2.45) is 17.1 Å². The van der Waals surface area contributed by atoms with Crippen molar-refractivity contribution in [2.75, 3.05) is 13.1 Å². The number of rotatable bonds is 7. The number of carboxylic acid groups (broad SMARTS) is 1. The van der Waals surface area contributed by atoms with Crippen LogP contribution in [0.2, 0.25) is 0 Å². The summed E-state index contributed by atoms with van der Waals surface area (Å²) in [6.07, 6.45) is 0. The molecule has 0 saturated carbocycles. The molecule has 0 aromatic rings. The molecule has 0 rings (SSSR count). The molecule has 0 spiro atoms. The van der Waals surface area contributed by atoms with E-state index in [1.54, 1.807) is 13.8 Å². The quantitative estimate of drug-likeness (QED) is 0.651. The largest absolute Gasteiger partial charge is 0.481 e. The Labute approximate surface area is 125 Å². The molecule has 122 valence electrons. The van der Waals surface area contributed by atoms with Crippen LogP contribution in [0, 0.1) is 11.3 Å². The molecule has 4 N–H and O–H groups in total. The van der Waals surface area contributed by atoms with Gasteiger partial charge in [0.05, 0.1) is 11.0 Å². The monoisotopic (exact) mass is 301 g/mol. The van der Waals surface area contributed by atoms with Crippen molar-refractivity contribution >= 4 is 17.9 Å². The second-order valence-electron chi connectivity index (χ2n) is 6.73. The summed E-state index contributed by atoms with van der Waals surface area (Å²) in [4.78, 5) is 36.0. The van der Waals surface area contributed by atoms with Gasteiger partial charge in [0.15, 0.2) is 0 Å². The maximum Gasteiger partial charge on any atom is 0.318 e. The summed E-state index contributed by atoms with van der Waals surface area (Å²) in [5.74, 6) is -1.47. The van der Waals surface area contributed by atoms with E-state index in [9.17, 15) is 19.5 Å². The number of carbonyl (C=O) groups excluding carboxylic acids is 2. The van der Waals surface area contributed by atoms with Crippen molar-refractivity contribution in [2.45, 2.75) is 47.1 Å². The highest BCUT2D eigenvalue weighted by Gasteiger charge is 2.45. The van der Waals surface area contributed by atoms with Crippen molar-refractivity contribution in [3.8, 4) is 0 Å². The predicted molar refractivity (Wildman–Crippen MR) is 79.6 cm³/mol. The molecule has 0 aliphatic carbocycles. The number of hydrogen-bond donors (Lipinski definition) is 3. The van der Waals surface area contributed by atoms with Gasteiger partial charge < -0.3 is 21.1 Å². The zero-order chi connectivity index (χ0) is 17.0. The molecule has 7 heteroatoms. The molecule has 0 unspecified atom stereocenters. The minimum Gasteiger partial charge on any atom is -0.481 e. The fourth-order valence-corrected chi connectivity index (χ4v) is 1.62. The summed E-state index contributed by atoms with van der Waals surface area (Å²) < 4.78 is 0. The molecule has 0 saturated heterocycles. The third kappa shape index (κ3) is 5.24. The number of aliphatic carboxylic acids is 1. The van der Waals surface area contributed by atoms with E-state index in [2.05, 4.69) is 5.32 Å². The van der Waals surface area contributed by atoms with Gasteiger partial charge in [-0.05, 0) is 33.6 Å². The number of amides is 3. The van der Waals surface area contributed by atoms with Crippen LogP contribution in [0.1, 0.15) is 41.5 Å². The van der Waals surface area contributed by atoms with E-state index in [0.29, 0.717) is 6.54 Å². The molecular weight excluding hydrogens is 274 g/mol. The minimum absolute atomic E-state index is 0.158. The molecule has 0 bridgehead atoms. The zero-order valence-corrected chi connectivity index (χ0v) is 13.7. The number of urea groups is 1. The first kappa shape index (κ1) is 19.2. The SMILES string of the molecule is CC(C)CN(CC(N)=O)C(=O)NC(C)(C)C(C)(C)C(=O)O. The second-order valence-corrected chi connectivity index (χ2v) is 6.73. The van der Waals surface area contributed by atoms with Crippen LogP contribution in [0.5, 0.6) is 0 Å². The number of carboxylic acids is 1. The van der Waals surface area contributed by atoms with Crippen LogP contribution in [-0.4, -0.2) is 46.5 Å². The lowest BCUT2D eigenvalue weighted by Gasteiger charge is -2.40. The molecule has 0 aliphatic rings. The van der Waals surface area contributed by atoms with Gasteiger partial charge in [-0.25, -0.2) is 4.79 Å². The number of nitrogens with two attached hydrogens (primary N) is 1. The number of carbonyl (C=O) groups is 3. The third-order valence-electron chi connectivity index (χ3n) is 3.74. The van der Waals surface area contributed by atoms with Crippen molar-refractivity contribution in [3.05, 3.63) is 0 Å². The normalized spacial score (nSPS) is 12.1. The summed E-state index contributed by atoms with van der Waals surface area (Å²) >= 11 is 0. The molecular formula is C14H27N3O4. The Morgan fingerprint density at radius 1 is 1.19 bits per heavy atom. The van der Waals surface area contributed by atoms with Crippen molar-refractivity contribution in [1.82, 2.24) is 10.2 Å². The second kappa shape index (κ2) is 6.78. The highest BCUT2D eigenvalue weighted by molar-refractivity contribution is 5.84. The fraction of sp³-hybridized carbons (Fsp3) is 0.786. The summed E-state index contributed by atoms with van der Waals surface area (Å²) in [5, 5.41) is 12.0. The van der Waals surface area contributed by atoms with Crippen LogP contribution >= 0.6 is 0 Å². The van der Waals surface area contributed by atoms with Crippen LogP contribution in [-0.2, 0) is 9.59 Å². The van der Waals surface area contributed by atoms with E-state index in [-0.39, 0.29) is 12.5 Å². The smallest absolute Gasteiger partial charge is 0.318 e. The maximum atomic E-state index is 12.3. The lowest BCUT2D eigenvalue weighted by molar-refractivity contribution is -0.150. The molecule has 0 aliphatic heterocycles. The Balaban J connectivity index is 5.12. The first-order valence-corrected chi connectivity index (χ1v) is 6.90. The standard InChI is InChI=1S/C14H27N3O4/c1-9(2)7-17(8-10(15)18)12(21)16-14(5,6)13(3,4)11(19)20/h9H,7-8H2,1-6H3,(H2,15,18)(H,16,21)(H,19,20). The summed E-state index contributed by atoms with van der Waals surface area (Å²) in [6.45, 7) is 10.3. The Morgan fingerprint density at radius 3 is 2.00 bits per heavy atom. The van der Waals surface area contributed by atoms with Gasteiger partial charge in [-0.15, -0.1) is 0 Å². The lowest BCUT2D eigenvalue weighted by Crippen LogP contribution is -2.60. The third-order valence-corrected chi connectivity index (χ3v) is 3.74. The molecule has 3 amide bonds. The van der Waals surface area contributed by atoms with Crippen LogP contribution in [0.3, 0.4) is 0 Å². The van der Waals surface area contributed by atoms with E-state index in [4.69, 9.17) is 5.73 Å². The first-order valence-electron chi connectivity index (χ1n) is 6.90. The van der Waals surface area contributed by atoms with Crippen LogP contribution < -0.4 is 11.1 Å². The Bertz CT molecular complexity index is 416. The van der Waals surface area contributed by atoms with E-state index in [1.807, 2.05) is 13.8 Å². The Kier molecular flexibility index (Phi) is 6.20. The maximum absolute atomic E-state index is 12.3. The van der Waals surface area contributed by atoms with Gasteiger partial charge in [-0.2, -0.15) is 0 Å². The predicted octanol–water partition coefficient (Wildman–Crippen LogP) is 1.03. The van der Waals surface area contributed by atoms with Gasteiger partial charge >= 0.3 is 12.0 Å². The van der Waals surface area contributed by atoms with Crippen molar-refractivity contribution in [3.63, 3.8) is 0 Å². The zero-order valence-electron chi connectivity index (χ0n) is 13.7. The minimum atomic E-state index is -1.17. The highest BCUT2D eigenvalue weighted by Crippen LogP contribution is 2.30. The average Bonchev–Trinajstić information content (AvgIpc) is 2.25. The molecule has 0 aromatic carbocycles. The van der Waals surface area contributed by atoms with Gasteiger partial charge in [0.25, 0.3) is 0 Å². The Hall–Kier alpha value is -1.79. The first-order chi connectivity index (χ1) is 9.31.